The van der Waals surface area contributed by atoms with Gasteiger partial charge in [0.15, 0.2) is 11.5 Å². The highest BCUT2D eigenvalue weighted by molar-refractivity contribution is 5.79. The molecule has 1 amide bonds. The van der Waals surface area contributed by atoms with Crippen LogP contribution in [0.1, 0.15) is 30.0 Å². The number of amides is 1. The van der Waals surface area contributed by atoms with Gasteiger partial charge in [-0.25, -0.2) is 4.79 Å². The van der Waals surface area contributed by atoms with E-state index >= 15 is 0 Å². The van der Waals surface area contributed by atoms with Crippen LogP contribution in [0.2, 0.25) is 0 Å². The van der Waals surface area contributed by atoms with E-state index in [4.69, 9.17) is 9.47 Å². The minimum absolute atomic E-state index is 0.0511. The molecule has 1 aromatic heterocycles. The first-order valence-electron chi connectivity index (χ1n) is 11.5. The maximum atomic E-state index is 13.1. The molecule has 0 spiro atoms. The van der Waals surface area contributed by atoms with E-state index in [1.54, 1.807) is 14.2 Å². The Morgan fingerprint density at radius 2 is 1.73 bits per heavy atom. The Balaban J connectivity index is 1.21. The summed E-state index contributed by atoms with van der Waals surface area (Å²) in [6.45, 7) is 3.33. The van der Waals surface area contributed by atoms with Crippen molar-refractivity contribution in [3.63, 3.8) is 0 Å². The Kier molecular flexibility index (Phi) is 5.85. The number of para-hydroxylation sites is 2. The first-order chi connectivity index (χ1) is 16.1. The first-order valence-corrected chi connectivity index (χ1v) is 11.5. The summed E-state index contributed by atoms with van der Waals surface area (Å²) in [5, 5.41) is 0. The zero-order valence-electron chi connectivity index (χ0n) is 19.2. The van der Waals surface area contributed by atoms with Crippen LogP contribution >= 0.6 is 0 Å². The van der Waals surface area contributed by atoms with Gasteiger partial charge in [-0.3, -0.25) is 14.3 Å². The normalized spacial score (nSPS) is 17.2. The number of nitrogens with one attached hydrogen (secondary N) is 1. The molecule has 33 heavy (non-hydrogen) atoms. The van der Waals surface area contributed by atoms with E-state index in [2.05, 4.69) is 9.88 Å². The van der Waals surface area contributed by atoms with E-state index < -0.39 is 0 Å². The minimum atomic E-state index is -0.0511. The van der Waals surface area contributed by atoms with Crippen LogP contribution in [0.15, 0.2) is 41.2 Å². The fourth-order valence-corrected chi connectivity index (χ4v) is 5.16. The third-order valence-electron chi connectivity index (χ3n) is 6.98. The van der Waals surface area contributed by atoms with Gasteiger partial charge in [-0.05, 0) is 54.7 Å². The number of likely N-dealkylation sites (tertiary alicyclic amines) is 1. The number of carbonyl (C=O) groups excluding carboxylic acids is 1. The highest BCUT2D eigenvalue weighted by Gasteiger charge is 2.28. The lowest BCUT2D eigenvalue weighted by molar-refractivity contribution is -0.133. The zero-order valence-corrected chi connectivity index (χ0v) is 19.2. The van der Waals surface area contributed by atoms with E-state index in [-0.39, 0.29) is 17.6 Å². The summed E-state index contributed by atoms with van der Waals surface area (Å²) in [6, 6.07) is 12.0. The Hall–Kier alpha value is -3.26. The number of aromatic amines is 1. The SMILES string of the molecule is COc1cc2c(cc1OC)CN(C(=O)CN1CCC(n3c(=O)[nH]c4ccccc43)CC1)CC2. The number of carbonyl (C=O) groups is 1. The van der Waals surface area contributed by atoms with Crippen LogP contribution in [0.5, 0.6) is 11.5 Å². The van der Waals surface area contributed by atoms with Gasteiger partial charge in [-0.1, -0.05) is 12.1 Å². The summed E-state index contributed by atoms with van der Waals surface area (Å²) < 4.78 is 12.7. The fraction of sp³-hybridized carbons (Fsp3) is 0.440. The van der Waals surface area contributed by atoms with Crippen molar-refractivity contribution in [1.82, 2.24) is 19.4 Å². The van der Waals surface area contributed by atoms with Crippen molar-refractivity contribution >= 4 is 16.9 Å². The van der Waals surface area contributed by atoms with E-state index in [0.717, 1.165) is 54.7 Å². The van der Waals surface area contributed by atoms with Crippen LogP contribution in [0.4, 0.5) is 0 Å². The second-order valence-electron chi connectivity index (χ2n) is 8.87. The second kappa shape index (κ2) is 8.94. The van der Waals surface area contributed by atoms with Crippen LogP contribution in [0.25, 0.3) is 11.0 Å². The smallest absolute Gasteiger partial charge is 0.326 e. The molecule has 3 aromatic rings. The third kappa shape index (κ3) is 4.11. The molecular weight excluding hydrogens is 420 g/mol. The second-order valence-corrected chi connectivity index (χ2v) is 8.87. The van der Waals surface area contributed by atoms with Gasteiger partial charge < -0.3 is 19.4 Å². The zero-order chi connectivity index (χ0) is 22.9. The molecule has 2 aliphatic rings. The predicted octanol–water partition coefficient (Wildman–Crippen LogP) is 2.57. The van der Waals surface area contributed by atoms with Gasteiger partial charge in [0.25, 0.3) is 0 Å². The maximum Gasteiger partial charge on any atom is 0.326 e. The molecule has 1 N–H and O–H groups in total. The molecule has 0 bridgehead atoms. The Morgan fingerprint density at radius 1 is 1.03 bits per heavy atom. The molecule has 0 unspecified atom stereocenters. The molecule has 8 heteroatoms. The van der Waals surface area contributed by atoms with Crippen LogP contribution < -0.4 is 15.2 Å². The van der Waals surface area contributed by atoms with Gasteiger partial charge in [-0.15, -0.1) is 0 Å². The van der Waals surface area contributed by atoms with Crippen LogP contribution in [0, 0.1) is 0 Å². The number of nitrogens with zero attached hydrogens (tertiary/aromatic N) is 3. The molecule has 0 atom stereocenters. The summed E-state index contributed by atoms with van der Waals surface area (Å²) >= 11 is 0. The molecular formula is C25H30N4O4. The summed E-state index contributed by atoms with van der Waals surface area (Å²) in [5.41, 5.74) is 4.10. The van der Waals surface area contributed by atoms with Crippen LogP contribution in [-0.4, -0.2) is 65.7 Å². The fourth-order valence-electron chi connectivity index (χ4n) is 5.16. The van der Waals surface area contributed by atoms with Crippen molar-refractivity contribution in [1.29, 1.82) is 0 Å². The quantitative estimate of drug-likeness (QED) is 0.646. The molecule has 3 heterocycles. The topological polar surface area (TPSA) is 79.8 Å². The van der Waals surface area contributed by atoms with E-state index in [1.165, 1.54) is 5.56 Å². The lowest BCUT2D eigenvalue weighted by Crippen LogP contribution is -2.45. The van der Waals surface area contributed by atoms with E-state index in [1.807, 2.05) is 45.9 Å². The Morgan fingerprint density at radius 3 is 2.45 bits per heavy atom. The number of aromatic nitrogens is 2. The number of fused-ring (bicyclic) bond motifs is 2. The highest BCUT2D eigenvalue weighted by Crippen LogP contribution is 2.33. The van der Waals surface area contributed by atoms with Crippen LogP contribution in [-0.2, 0) is 17.8 Å². The van der Waals surface area contributed by atoms with Crippen molar-refractivity contribution < 1.29 is 14.3 Å². The number of methoxy groups -OCH3 is 2. The van der Waals surface area contributed by atoms with E-state index in [9.17, 15) is 9.59 Å². The number of H-pyrrole nitrogens is 1. The molecule has 2 aliphatic heterocycles. The summed E-state index contributed by atoms with van der Waals surface area (Å²) in [5.74, 6) is 1.58. The van der Waals surface area contributed by atoms with Gasteiger partial charge in [0.2, 0.25) is 5.91 Å². The number of imidazole rings is 1. The average Bonchev–Trinajstić information content (AvgIpc) is 3.18. The largest absolute Gasteiger partial charge is 0.493 e. The van der Waals surface area contributed by atoms with Gasteiger partial charge in [0, 0.05) is 32.2 Å². The Bertz CT molecular complexity index is 1220. The predicted molar refractivity (Wildman–Crippen MR) is 126 cm³/mol. The number of hydrogen-bond donors (Lipinski definition) is 1. The first kappa shape index (κ1) is 21.6. The van der Waals surface area contributed by atoms with Crippen molar-refractivity contribution in [3.05, 3.63) is 58.0 Å². The summed E-state index contributed by atoms with van der Waals surface area (Å²) in [7, 11) is 3.27. The lowest BCUT2D eigenvalue weighted by Gasteiger charge is -2.35. The molecule has 8 nitrogen and oxygen atoms in total. The molecule has 1 saturated heterocycles. The molecule has 0 radical (unpaired) electrons. The molecule has 0 aliphatic carbocycles. The van der Waals surface area contributed by atoms with Crippen molar-refractivity contribution in [3.8, 4) is 11.5 Å². The number of ether oxygens (including phenoxy) is 2. The Labute approximate surface area is 192 Å². The maximum absolute atomic E-state index is 13.1. The lowest BCUT2D eigenvalue weighted by atomic mass is 9.98. The number of piperidine rings is 1. The minimum Gasteiger partial charge on any atom is -0.493 e. The van der Waals surface area contributed by atoms with Gasteiger partial charge in [0.05, 0.1) is 31.8 Å². The number of benzene rings is 2. The van der Waals surface area contributed by atoms with Crippen molar-refractivity contribution in [2.75, 3.05) is 40.4 Å². The van der Waals surface area contributed by atoms with Crippen LogP contribution in [0.3, 0.4) is 0 Å². The average molecular weight is 451 g/mol. The molecule has 174 valence electrons. The van der Waals surface area contributed by atoms with Crippen molar-refractivity contribution in [2.45, 2.75) is 31.8 Å². The van der Waals surface area contributed by atoms with Gasteiger partial charge in [0.1, 0.15) is 0 Å². The highest BCUT2D eigenvalue weighted by atomic mass is 16.5. The third-order valence-corrected chi connectivity index (χ3v) is 6.98. The monoisotopic (exact) mass is 450 g/mol. The molecule has 5 rings (SSSR count). The summed E-state index contributed by atoms with van der Waals surface area (Å²) in [6.07, 6.45) is 2.52. The standard InChI is InChI=1S/C25H30N4O4/c1-32-22-13-17-7-12-28(15-18(17)14-23(22)33-2)24(30)16-27-10-8-19(9-11-27)29-21-6-4-3-5-20(21)26-25(29)31/h3-6,13-14,19H,7-12,15-16H2,1-2H3,(H,26,31). The molecule has 2 aromatic carbocycles. The van der Waals surface area contributed by atoms with E-state index in [0.29, 0.717) is 25.4 Å². The van der Waals surface area contributed by atoms with Gasteiger partial charge in [-0.2, -0.15) is 0 Å². The number of rotatable bonds is 5. The van der Waals surface area contributed by atoms with Gasteiger partial charge >= 0.3 is 5.69 Å². The molecule has 0 saturated carbocycles. The van der Waals surface area contributed by atoms with Crippen molar-refractivity contribution in [2.24, 2.45) is 0 Å². The summed E-state index contributed by atoms with van der Waals surface area (Å²) in [4.78, 5) is 32.7. The number of hydrogen-bond acceptors (Lipinski definition) is 5. The molecule has 1 fully saturated rings.